The number of hydrogen-bond donors (Lipinski definition) is 0. The highest BCUT2D eigenvalue weighted by molar-refractivity contribution is 6.07. The molecule has 0 aliphatic carbocycles. The lowest BCUT2D eigenvalue weighted by molar-refractivity contribution is 0.0984. The molecule has 1 unspecified atom stereocenters. The van der Waals surface area contributed by atoms with Gasteiger partial charge >= 0.3 is 0 Å². The molecule has 1 aliphatic rings. The molecular formula is C23H29FN2O. The molecule has 144 valence electrons. The summed E-state index contributed by atoms with van der Waals surface area (Å²) in [5.74, 6) is -0.257. The van der Waals surface area contributed by atoms with E-state index in [1.54, 1.807) is 12.1 Å². The summed E-state index contributed by atoms with van der Waals surface area (Å²) in [5.41, 5.74) is 2.23. The van der Waals surface area contributed by atoms with Crippen molar-refractivity contribution in [2.75, 3.05) is 31.6 Å². The van der Waals surface area contributed by atoms with Crippen LogP contribution in [-0.2, 0) is 5.41 Å². The fraction of sp³-hybridized carbons (Fsp3) is 0.435. The average Bonchev–Trinajstić information content (AvgIpc) is 2.94. The molecule has 2 aromatic rings. The zero-order chi connectivity index (χ0) is 19.4. The number of anilines is 1. The molecule has 0 saturated heterocycles. The molecular weight excluding hydrogens is 339 g/mol. The summed E-state index contributed by atoms with van der Waals surface area (Å²) in [5, 5.41) is 0. The fourth-order valence-corrected chi connectivity index (χ4v) is 4.11. The number of carbonyl (C=O) groups is 1. The Labute approximate surface area is 161 Å². The molecule has 3 nitrogen and oxygen atoms in total. The predicted octanol–water partition coefficient (Wildman–Crippen LogP) is 4.87. The quantitative estimate of drug-likeness (QED) is 0.696. The van der Waals surface area contributed by atoms with E-state index in [2.05, 4.69) is 25.8 Å². The van der Waals surface area contributed by atoms with E-state index >= 15 is 0 Å². The first kappa shape index (κ1) is 19.6. The van der Waals surface area contributed by atoms with Crippen LogP contribution < -0.4 is 4.90 Å². The molecule has 0 saturated carbocycles. The monoisotopic (exact) mass is 368 g/mol. The number of nitrogens with zero attached hydrogens (tertiary/aromatic N) is 2. The number of rotatable bonds is 7. The first-order chi connectivity index (χ1) is 12.9. The van der Waals surface area contributed by atoms with Crippen LogP contribution >= 0.6 is 0 Å². The van der Waals surface area contributed by atoms with Crippen LogP contribution in [0.25, 0.3) is 0 Å². The highest BCUT2D eigenvalue weighted by atomic mass is 19.1. The Morgan fingerprint density at radius 2 is 1.93 bits per heavy atom. The van der Waals surface area contributed by atoms with E-state index in [0.29, 0.717) is 12.1 Å². The standard InChI is InChI=1S/C23H29FN2O/c1-4-14-25(3)15-8-13-23(2)17-26(21-12-11-19(24)16-20(21)23)22(27)18-9-6-5-7-10-18/h5-7,9-12,16H,4,8,13-15,17H2,1-3H3. The van der Waals surface area contributed by atoms with Crippen LogP contribution in [0.1, 0.15) is 49.0 Å². The topological polar surface area (TPSA) is 23.6 Å². The summed E-state index contributed by atoms with van der Waals surface area (Å²) in [6.45, 7) is 7.03. The van der Waals surface area contributed by atoms with Crippen LogP contribution in [-0.4, -0.2) is 37.5 Å². The molecule has 3 rings (SSSR count). The molecule has 0 N–H and O–H groups in total. The van der Waals surface area contributed by atoms with Gasteiger partial charge in [0.25, 0.3) is 5.91 Å². The molecule has 1 atom stereocenters. The van der Waals surface area contributed by atoms with Gasteiger partial charge in [0.15, 0.2) is 0 Å². The molecule has 1 heterocycles. The summed E-state index contributed by atoms with van der Waals surface area (Å²) in [6.07, 6.45) is 3.09. The van der Waals surface area contributed by atoms with Crippen molar-refractivity contribution in [2.45, 2.75) is 38.5 Å². The molecule has 4 heteroatoms. The van der Waals surface area contributed by atoms with Crippen molar-refractivity contribution in [3.8, 4) is 0 Å². The highest BCUT2D eigenvalue weighted by Crippen LogP contribution is 2.44. The second kappa shape index (κ2) is 8.22. The van der Waals surface area contributed by atoms with Crippen LogP contribution in [0.2, 0.25) is 0 Å². The minimum absolute atomic E-state index is 0.0183. The van der Waals surface area contributed by atoms with Crippen LogP contribution in [0.5, 0.6) is 0 Å². The largest absolute Gasteiger partial charge is 0.307 e. The number of amides is 1. The molecule has 0 spiro atoms. The number of fused-ring (bicyclic) bond motifs is 1. The zero-order valence-electron chi connectivity index (χ0n) is 16.5. The lowest BCUT2D eigenvalue weighted by Gasteiger charge is -2.27. The van der Waals surface area contributed by atoms with Gasteiger partial charge in [0.05, 0.1) is 0 Å². The second-order valence-electron chi connectivity index (χ2n) is 7.89. The summed E-state index contributed by atoms with van der Waals surface area (Å²) in [7, 11) is 2.14. The molecule has 0 radical (unpaired) electrons. The van der Waals surface area contributed by atoms with Crippen LogP contribution in [0.3, 0.4) is 0 Å². The Morgan fingerprint density at radius 1 is 1.19 bits per heavy atom. The summed E-state index contributed by atoms with van der Waals surface area (Å²) < 4.78 is 14.0. The lowest BCUT2D eigenvalue weighted by Crippen LogP contribution is -2.36. The van der Waals surface area contributed by atoms with E-state index < -0.39 is 0 Å². The van der Waals surface area contributed by atoms with Gasteiger partial charge in [0.1, 0.15) is 5.82 Å². The van der Waals surface area contributed by atoms with Crippen molar-refractivity contribution < 1.29 is 9.18 Å². The van der Waals surface area contributed by atoms with Gasteiger partial charge in [0, 0.05) is 23.2 Å². The van der Waals surface area contributed by atoms with E-state index in [0.717, 1.165) is 43.6 Å². The molecule has 0 bridgehead atoms. The third-order valence-electron chi connectivity index (χ3n) is 5.55. The van der Waals surface area contributed by atoms with Crippen molar-refractivity contribution in [1.29, 1.82) is 0 Å². The zero-order valence-corrected chi connectivity index (χ0v) is 16.5. The molecule has 2 aromatic carbocycles. The van der Waals surface area contributed by atoms with E-state index in [1.165, 1.54) is 6.07 Å². The number of halogens is 1. The van der Waals surface area contributed by atoms with Gasteiger partial charge in [-0.05, 0) is 75.3 Å². The summed E-state index contributed by atoms with van der Waals surface area (Å²) in [4.78, 5) is 17.2. The summed E-state index contributed by atoms with van der Waals surface area (Å²) in [6, 6.07) is 14.1. The minimum atomic E-state index is -0.239. The molecule has 27 heavy (non-hydrogen) atoms. The highest BCUT2D eigenvalue weighted by Gasteiger charge is 2.41. The SMILES string of the molecule is CCCN(C)CCCC1(C)CN(C(=O)c2ccccc2)c2ccc(F)cc21. The Hall–Kier alpha value is -2.20. The molecule has 1 amide bonds. The predicted molar refractivity (Wildman–Crippen MR) is 109 cm³/mol. The Bertz CT molecular complexity index is 792. The van der Waals surface area contributed by atoms with Crippen molar-refractivity contribution in [2.24, 2.45) is 0 Å². The van der Waals surface area contributed by atoms with Crippen LogP contribution in [0.4, 0.5) is 10.1 Å². The first-order valence-corrected chi connectivity index (χ1v) is 9.80. The average molecular weight is 368 g/mol. The van der Waals surface area contributed by atoms with E-state index in [4.69, 9.17) is 0 Å². The van der Waals surface area contributed by atoms with Gasteiger partial charge in [-0.1, -0.05) is 32.0 Å². The van der Waals surface area contributed by atoms with Gasteiger partial charge in [-0.15, -0.1) is 0 Å². The van der Waals surface area contributed by atoms with Crippen molar-refractivity contribution in [1.82, 2.24) is 4.90 Å². The van der Waals surface area contributed by atoms with Crippen molar-refractivity contribution in [3.63, 3.8) is 0 Å². The smallest absolute Gasteiger partial charge is 0.258 e. The number of hydrogen-bond acceptors (Lipinski definition) is 2. The van der Waals surface area contributed by atoms with Crippen molar-refractivity contribution in [3.05, 3.63) is 65.5 Å². The van der Waals surface area contributed by atoms with E-state index in [-0.39, 0.29) is 17.1 Å². The van der Waals surface area contributed by atoms with E-state index in [9.17, 15) is 9.18 Å². The minimum Gasteiger partial charge on any atom is -0.307 e. The number of carbonyl (C=O) groups excluding carboxylic acids is 1. The van der Waals surface area contributed by atoms with Gasteiger partial charge in [-0.2, -0.15) is 0 Å². The molecule has 0 fully saturated rings. The maximum atomic E-state index is 14.0. The van der Waals surface area contributed by atoms with Gasteiger partial charge in [-0.25, -0.2) is 4.39 Å². The molecule has 0 aromatic heterocycles. The van der Waals surface area contributed by atoms with Crippen LogP contribution in [0.15, 0.2) is 48.5 Å². The molecule has 1 aliphatic heterocycles. The third kappa shape index (κ3) is 4.22. The maximum absolute atomic E-state index is 14.0. The Morgan fingerprint density at radius 3 is 2.63 bits per heavy atom. The van der Waals surface area contributed by atoms with Gasteiger partial charge in [-0.3, -0.25) is 4.79 Å². The lowest BCUT2D eigenvalue weighted by atomic mass is 9.80. The van der Waals surface area contributed by atoms with Gasteiger partial charge in [0.2, 0.25) is 0 Å². The Kier molecular flexibility index (Phi) is 5.95. The number of benzene rings is 2. The maximum Gasteiger partial charge on any atom is 0.258 e. The Balaban J connectivity index is 1.83. The van der Waals surface area contributed by atoms with E-state index in [1.807, 2.05) is 35.2 Å². The fourth-order valence-electron chi connectivity index (χ4n) is 4.11. The first-order valence-electron chi connectivity index (χ1n) is 9.80. The second-order valence-corrected chi connectivity index (χ2v) is 7.89. The summed E-state index contributed by atoms with van der Waals surface area (Å²) >= 11 is 0. The normalized spacial score (nSPS) is 18.8. The third-order valence-corrected chi connectivity index (χ3v) is 5.55. The van der Waals surface area contributed by atoms with Crippen molar-refractivity contribution >= 4 is 11.6 Å². The van der Waals surface area contributed by atoms with Gasteiger partial charge < -0.3 is 9.80 Å². The van der Waals surface area contributed by atoms with Crippen LogP contribution in [0, 0.1) is 5.82 Å².